The van der Waals surface area contributed by atoms with Crippen molar-refractivity contribution in [3.63, 3.8) is 0 Å². The molecule has 3 unspecified atom stereocenters. The lowest BCUT2D eigenvalue weighted by Crippen LogP contribution is -2.43. The number of carboxylic acid groups (broad SMARTS) is 1. The molecule has 13 nitrogen and oxygen atoms in total. The molecule has 0 aliphatic rings. The van der Waals surface area contributed by atoms with Crippen LogP contribution < -0.4 is 5.32 Å². The van der Waals surface area contributed by atoms with Gasteiger partial charge in [0.15, 0.2) is 0 Å². The SMILES string of the molecule is C=CC(N[C@@H](CCCCN(C(C=C)P(=O)(O)O)C(C=C)P(=O)(O)O)C(=O)O)P(=O)(O)O. The van der Waals surface area contributed by atoms with Crippen LogP contribution in [0.15, 0.2) is 38.0 Å². The molecule has 0 saturated carbocycles. The van der Waals surface area contributed by atoms with Crippen LogP contribution in [0.3, 0.4) is 0 Å². The van der Waals surface area contributed by atoms with Crippen molar-refractivity contribution in [2.45, 2.75) is 42.7 Å². The van der Waals surface area contributed by atoms with Gasteiger partial charge in [-0.05, 0) is 12.8 Å². The maximum Gasteiger partial charge on any atom is 0.346 e. The van der Waals surface area contributed by atoms with Gasteiger partial charge in [0.1, 0.15) is 23.4 Å². The van der Waals surface area contributed by atoms with Gasteiger partial charge in [-0.1, -0.05) is 24.6 Å². The molecule has 0 amide bonds. The molecular weight excluding hydrogens is 477 g/mol. The van der Waals surface area contributed by atoms with E-state index in [-0.39, 0.29) is 25.8 Å². The van der Waals surface area contributed by atoms with Crippen LogP contribution in [-0.4, -0.2) is 75.3 Å². The second-order valence-corrected chi connectivity index (χ2v) is 11.7. The lowest BCUT2D eigenvalue weighted by atomic mass is 10.1. The molecule has 0 aliphatic heterocycles. The zero-order chi connectivity index (χ0) is 24.6. The fourth-order valence-electron chi connectivity index (χ4n) is 2.78. The van der Waals surface area contributed by atoms with Gasteiger partial charge in [0.05, 0.1) is 0 Å². The lowest BCUT2D eigenvalue weighted by molar-refractivity contribution is -0.139. The first-order valence-electron chi connectivity index (χ1n) is 8.78. The third-order valence-corrected chi connectivity index (χ3v) is 7.68. The predicted molar refractivity (Wildman–Crippen MR) is 113 cm³/mol. The average Bonchev–Trinajstić information content (AvgIpc) is 2.57. The molecule has 31 heavy (non-hydrogen) atoms. The first-order chi connectivity index (χ1) is 14.0. The Morgan fingerprint density at radius 2 is 1.29 bits per heavy atom. The largest absolute Gasteiger partial charge is 0.480 e. The number of carboxylic acids is 1. The smallest absolute Gasteiger partial charge is 0.346 e. The molecule has 16 heteroatoms. The second kappa shape index (κ2) is 12.3. The van der Waals surface area contributed by atoms with Crippen molar-refractivity contribution >= 4 is 28.8 Å². The molecule has 0 fully saturated rings. The topological polar surface area (TPSA) is 225 Å². The van der Waals surface area contributed by atoms with Crippen molar-refractivity contribution in [1.29, 1.82) is 0 Å². The number of hydrogen-bond donors (Lipinski definition) is 8. The molecule has 0 heterocycles. The van der Waals surface area contributed by atoms with E-state index in [1.165, 1.54) is 0 Å². The Labute approximate surface area is 179 Å². The van der Waals surface area contributed by atoms with E-state index in [2.05, 4.69) is 25.1 Å². The third kappa shape index (κ3) is 10.0. The summed E-state index contributed by atoms with van der Waals surface area (Å²) < 4.78 is 34.8. The van der Waals surface area contributed by atoms with Gasteiger partial charge in [-0.3, -0.25) is 28.7 Å². The van der Waals surface area contributed by atoms with E-state index in [4.69, 9.17) is 0 Å². The van der Waals surface area contributed by atoms with E-state index in [0.717, 1.165) is 23.1 Å². The predicted octanol–water partition coefficient (Wildman–Crippen LogP) is 0.571. The Morgan fingerprint density at radius 3 is 1.58 bits per heavy atom. The van der Waals surface area contributed by atoms with Gasteiger partial charge in [0, 0.05) is 6.54 Å². The number of aliphatic carboxylic acids is 1. The van der Waals surface area contributed by atoms with Crippen LogP contribution in [0.1, 0.15) is 19.3 Å². The van der Waals surface area contributed by atoms with Crippen molar-refractivity contribution in [2.75, 3.05) is 6.54 Å². The minimum Gasteiger partial charge on any atom is -0.480 e. The standard InChI is InChI=1S/C15H29N2O11P3/c1-4-12(29(20,21)22)16-11(15(18)19)9-7-8-10-17(13(5-2)30(23,24)25)14(6-3)31(26,27)28/h4-6,11-14,16H,1-3,7-10H2,(H,18,19)(H2,20,21,22)(H2,23,24,25)(H2,26,27,28)/t11-,12?,13?,14?/m0/s1. The molecule has 0 saturated heterocycles. The van der Waals surface area contributed by atoms with E-state index in [9.17, 15) is 53.0 Å². The molecule has 0 aliphatic carbocycles. The van der Waals surface area contributed by atoms with Crippen molar-refractivity contribution in [3.05, 3.63) is 38.0 Å². The highest BCUT2D eigenvalue weighted by molar-refractivity contribution is 7.54. The third-order valence-electron chi connectivity index (χ3n) is 4.21. The van der Waals surface area contributed by atoms with Gasteiger partial charge in [0.25, 0.3) is 0 Å². The lowest BCUT2D eigenvalue weighted by Gasteiger charge is -2.35. The zero-order valence-electron chi connectivity index (χ0n) is 16.5. The van der Waals surface area contributed by atoms with Crippen LogP contribution in [0.4, 0.5) is 0 Å². The van der Waals surface area contributed by atoms with Crippen molar-refractivity contribution in [1.82, 2.24) is 10.2 Å². The highest BCUT2D eigenvalue weighted by Crippen LogP contribution is 2.51. The Balaban J connectivity index is 5.40. The Hall–Kier alpha value is -0.940. The van der Waals surface area contributed by atoms with Crippen LogP contribution in [0.25, 0.3) is 0 Å². The zero-order valence-corrected chi connectivity index (χ0v) is 19.2. The van der Waals surface area contributed by atoms with Crippen molar-refractivity contribution in [3.8, 4) is 0 Å². The Morgan fingerprint density at radius 1 is 0.839 bits per heavy atom. The monoisotopic (exact) mass is 506 g/mol. The van der Waals surface area contributed by atoms with Crippen LogP contribution in [-0.2, 0) is 18.5 Å². The van der Waals surface area contributed by atoms with Crippen LogP contribution >= 0.6 is 22.8 Å². The number of hydrogen-bond acceptors (Lipinski definition) is 6. The molecule has 0 radical (unpaired) electrons. The summed E-state index contributed by atoms with van der Waals surface area (Å²) in [6, 6.07) is -1.38. The molecular formula is C15H29N2O11P3. The van der Waals surface area contributed by atoms with Gasteiger partial charge in [0.2, 0.25) is 0 Å². The van der Waals surface area contributed by atoms with Gasteiger partial charge in [-0.25, -0.2) is 0 Å². The second-order valence-electron chi connectivity index (χ2n) is 6.54. The van der Waals surface area contributed by atoms with Crippen molar-refractivity contribution < 1.29 is 53.0 Å². The van der Waals surface area contributed by atoms with Crippen molar-refractivity contribution in [2.24, 2.45) is 0 Å². The maximum atomic E-state index is 11.8. The molecule has 8 N–H and O–H groups in total. The summed E-state index contributed by atoms with van der Waals surface area (Å²) in [5, 5.41) is 11.5. The summed E-state index contributed by atoms with van der Waals surface area (Å²) in [6.45, 7) is 9.58. The highest BCUT2D eigenvalue weighted by Gasteiger charge is 2.41. The normalized spacial score (nSPS) is 16.9. The van der Waals surface area contributed by atoms with Crippen LogP contribution in [0.5, 0.6) is 0 Å². The molecule has 180 valence electrons. The van der Waals surface area contributed by atoms with Gasteiger partial charge >= 0.3 is 28.8 Å². The molecule has 0 spiro atoms. The highest BCUT2D eigenvalue weighted by atomic mass is 31.2. The van der Waals surface area contributed by atoms with Crippen LogP contribution in [0.2, 0.25) is 0 Å². The number of nitrogens with zero attached hydrogens (tertiary/aromatic N) is 1. The van der Waals surface area contributed by atoms with Gasteiger partial charge < -0.3 is 34.5 Å². The van der Waals surface area contributed by atoms with E-state index < -0.39 is 52.1 Å². The Kier molecular flexibility index (Phi) is 12.0. The molecule has 0 aromatic carbocycles. The summed E-state index contributed by atoms with van der Waals surface area (Å²) in [4.78, 5) is 68.7. The van der Waals surface area contributed by atoms with Gasteiger partial charge in [-0.15, -0.1) is 19.7 Å². The maximum absolute atomic E-state index is 11.8. The fraction of sp³-hybridized carbons (Fsp3) is 0.533. The summed E-state index contributed by atoms with van der Waals surface area (Å²) in [5.41, 5.74) is 0. The molecule has 4 atom stereocenters. The number of unbranched alkanes of at least 4 members (excludes halogenated alkanes) is 1. The minimum absolute atomic E-state index is 0.0365. The van der Waals surface area contributed by atoms with E-state index in [1.54, 1.807) is 0 Å². The summed E-state index contributed by atoms with van der Waals surface area (Å²) in [7, 11) is -14.5. The molecule has 0 bridgehead atoms. The first kappa shape index (κ1) is 30.1. The van der Waals surface area contributed by atoms with E-state index in [0.29, 0.717) is 0 Å². The summed E-state index contributed by atoms with van der Waals surface area (Å²) in [6.07, 6.45) is 2.54. The number of carbonyl (C=O) groups is 1. The molecule has 0 aromatic rings. The first-order valence-corrected chi connectivity index (χ1v) is 13.8. The molecule has 0 rings (SSSR count). The van der Waals surface area contributed by atoms with E-state index in [1.807, 2.05) is 0 Å². The number of nitrogens with one attached hydrogen (secondary N) is 1. The van der Waals surface area contributed by atoms with E-state index >= 15 is 0 Å². The number of rotatable bonds is 16. The quantitative estimate of drug-likeness (QED) is 0.0815. The average molecular weight is 506 g/mol. The minimum atomic E-state index is -4.88. The summed E-state index contributed by atoms with van der Waals surface area (Å²) >= 11 is 0. The van der Waals surface area contributed by atoms with Crippen LogP contribution in [0, 0.1) is 0 Å². The van der Waals surface area contributed by atoms with Gasteiger partial charge in [-0.2, -0.15) is 0 Å². The summed E-state index contributed by atoms with van der Waals surface area (Å²) in [5.74, 6) is -6.44. The fourth-order valence-corrected chi connectivity index (χ4v) is 5.38. The molecule has 0 aromatic heterocycles. The Bertz CT molecular complexity index is 753.